The van der Waals surface area contributed by atoms with Crippen LogP contribution in [0.15, 0.2) is 24.4 Å². The summed E-state index contributed by atoms with van der Waals surface area (Å²) in [5, 5.41) is 1.39. The van der Waals surface area contributed by atoms with Gasteiger partial charge in [-0.25, -0.2) is 0 Å². The Hall–Kier alpha value is -1.57. The molecule has 1 heterocycles. The van der Waals surface area contributed by atoms with E-state index < -0.39 is 0 Å². The van der Waals surface area contributed by atoms with Crippen LogP contribution in [0.1, 0.15) is 52.7 Å². The fourth-order valence-electron chi connectivity index (χ4n) is 1.74. The highest BCUT2D eigenvalue weighted by Crippen LogP contribution is 2.20. The molecule has 2 aromatic rings. The number of Topliss-reactive ketones (excluding diaryl/α,β-unsaturated/α-hetero) is 1. The van der Waals surface area contributed by atoms with Gasteiger partial charge in [-0.3, -0.25) is 0 Å². The maximum atomic E-state index is 9.44. The number of carbonyl (C=O) groups excluding carboxylic acids is 1. The van der Waals surface area contributed by atoms with Gasteiger partial charge in [-0.1, -0.05) is 33.8 Å². The smallest absolute Gasteiger partial charge is 0.126 e. The van der Waals surface area contributed by atoms with Crippen LogP contribution in [0.25, 0.3) is 10.9 Å². The topological polar surface area (TPSA) is 32.9 Å². The van der Waals surface area contributed by atoms with Gasteiger partial charge in [0.1, 0.15) is 5.78 Å². The number of nitrogens with one attached hydrogen (secondary N) is 1. The van der Waals surface area contributed by atoms with Gasteiger partial charge in [-0.2, -0.15) is 0 Å². The molecule has 2 heteroatoms. The van der Waals surface area contributed by atoms with Gasteiger partial charge in [0, 0.05) is 17.1 Å². The second-order valence-corrected chi connectivity index (χ2v) is 4.31. The first kappa shape index (κ1) is 17.4. The third-order valence-corrected chi connectivity index (χ3v) is 2.62. The number of hydrogen-bond donors (Lipinski definition) is 1. The number of H-pyrrole nitrogens is 1. The summed E-state index contributed by atoms with van der Waals surface area (Å²) in [6.45, 7) is 11.4. The number of carbonyl (C=O) groups is 1. The van der Waals surface area contributed by atoms with Gasteiger partial charge in [-0.15, -0.1) is 0 Å². The van der Waals surface area contributed by atoms with Gasteiger partial charge in [0.2, 0.25) is 0 Å². The second-order valence-electron chi connectivity index (χ2n) is 4.31. The van der Waals surface area contributed by atoms with Crippen molar-refractivity contribution < 1.29 is 4.79 Å². The molecule has 1 aromatic carbocycles. The Labute approximate surface area is 117 Å². The first-order valence-electron chi connectivity index (χ1n) is 7.14. The molecule has 0 fully saturated rings. The molecule has 0 radical (unpaired) electrons. The zero-order valence-corrected chi connectivity index (χ0v) is 13.1. The summed E-state index contributed by atoms with van der Waals surface area (Å²) in [6, 6.07) is 6.66. The quantitative estimate of drug-likeness (QED) is 0.818. The van der Waals surface area contributed by atoms with E-state index in [2.05, 4.69) is 43.2 Å². The number of fused-ring (bicyclic) bond motifs is 1. The molecule has 1 N–H and O–H groups in total. The van der Waals surface area contributed by atoms with Gasteiger partial charge < -0.3 is 9.78 Å². The van der Waals surface area contributed by atoms with Crippen molar-refractivity contribution in [2.24, 2.45) is 0 Å². The van der Waals surface area contributed by atoms with Crippen LogP contribution in [0.2, 0.25) is 0 Å². The number of rotatable bonds is 2. The molecule has 106 valence electrons. The van der Waals surface area contributed by atoms with E-state index in [0.29, 0.717) is 0 Å². The molecule has 0 bridgehead atoms. The number of aryl methyl sites for hydroxylation is 2. The standard InChI is InChI=1S/C12H15N.C3H6O.C2H6/c1-3-9-5-6-12-11(7-9)10(4-2)8-13-12;1-3(2)4;1-2/h5-8,13H,3-4H2,1-2H3;1-2H3;1-2H3. The van der Waals surface area contributed by atoms with Crippen molar-refractivity contribution in [3.05, 3.63) is 35.5 Å². The minimum Gasteiger partial charge on any atom is -0.361 e. The Morgan fingerprint density at radius 3 is 2.16 bits per heavy atom. The number of aromatic amines is 1. The van der Waals surface area contributed by atoms with E-state index in [1.165, 1.54) is 35.9 Å². The van der Waals surface area contributed by atoms with Gasteiger partial charge in [0.15, 0.2) is 0 Å². The lowest BCUT2D eigenvalue weighted by atomic mass is 10.1. The maximum absolute atomic E-state index is 9.44. The first-order chi connectivity index (χ1) is 9.08. The predicted octanol–water partition coefficient (Wildman–Crippen LogP) is 4.91. The Balaban J connectivity index is 0.000000467. The van der Waals surface area contributed by atoms with Gasteiger partial charge in [-0.05, 0) is 49.9 Å². The number of benzene rings is 1. The van der Waals surface area contributed by atoms with Crippen molar-refractivity contribution in [2.45, 2.75) is 54.4 Å². The zero-order valence-electron chi connectivity index (χ0n) is 13.1. The summed E-state index contributed by atoms with van der Waals surface area (Å²) in [7, 11) is 0. The maximum Gasteiger partial charge on any atom is 0.126 e. The Morgan fingerprint density at radius 2 is 1.68 bits per heavy atom. The fraction of sp³-hybridized carbons (Fsp3) is 0.471. The van der Waals surface area contributed by atoms with Crippen molar-refractivity contribution in [2.75, 3.05) is 0 Å². The largest absolute Gasteiger partial charge is 0.361 e. The highest BCUT2D eigenvalue weighted by Gasteiger charge is 2.01. The summed E-state index contributed by atoms with van der Waals surface area (Å²) < 4.78 is 0. The van der Waals surface area contributed by atoms with Crippen molar-refractivity contribution in [1.29, 1.82) is 0 Å². The molecule has 0 atom stereocenters. The second kappa shape index (κ2) is 9.37. The average Bonchev–Trinajstić information content (AvgIpc) is 2.82. The molecule has 0 amide bonds. The normalized spacial score (nSPS) is 9.16. The lowest BCUT2D eigenvalue weighted by Crippen LogP contribution is -1.80. The van der Waals surface area contributed by atoms with Crippen LogP contribution in [-0.2, 0) is 17.6 Å². The predicted molar refractivity (Wildman–Crippen MR) is 84.8 cm³/mol. The van der Waals surface area contributed by atoms with E-state index in [-0.39, 0.29) is 5.78 Å². The first-order valence-corrected chi connectivity index (χ1v) is 7.14. The molecule has 0 aliphatic carbocycles. The molecule has 1 aromatic heterocycles. The SMILES string of the molecule is CC.CC(C)=O.CCc1ccc2[nH]cc(CC)c2c1. The lowest BCUT2D eigenvalue weighted by Gasteiger charge is -1.98. The monoisotopic (exact) mass is 261 g/mol. The lowest BCUT2D eigenvalue weighted by molar-refractivity contribution is -0.114. The summed E-state index contributed by atoms with van der Waals surface area (Å²) in [5.74, 6) is 0.167. The van der Waals surface area contributed by atoms with Crippen LogP contribution < -0.4 is 0 Å². The van der Waals surface area contributed by atoms with Crippen LogP contribution in [-0.4, -0.2) is 10.8 Å². The Bertz CT molecular complexity index is 493. The van der Waals surface area contributed by atoms with E-state index in [0.717, 1.165) is 12.8 Å². The third kappa shape index (κ3) is 5.73. The summed E-state index contributed by atoms with van der Waals surface area (Å²) in [5.41, 5.74) is 4.10. The van der Waals surface area contributed by atoms with E-state index in [9.17, 15) is 4.79 Å². The Kier molecular flexibility index (Phi) is 8.60. The third-order valence-electron chi connectivity index (χ3n) is 2.62. The molecule has 19 heavy (non-hydrogen) atoms. The van der Waals surface area contributed by atoms with E-state index >= 15 is 0 Å². The minimum absolute atomic E-state index is 0.167. The van der Waals surface area contributed by atoms with E-state index in [4.69, 9.17) is 0 Å². The molecule has 0 aliphatic heterocycles. The molecule has 0 aliphatic rings. The fourth-order valence-corrected chi connectivity index (χ4v) is 1.74. The van der Waals surface area contributed by atoms with Crippen LogP contribution in [0.3, 0.4) is 0 Å². The highest BCUT2D eigenvalue weighted by atomic mass is 16.1. The van der Waals surface area contributed by atoms with Gasteiger partial charge in [0.05, 0.1) is 0 Å². The van der Waals surface area contributed by atoms with Crippen LogP contribution in [0.5, 0.6) is 0 Å². The minimum atomic E-state index is 0.167. The molecule has 2 nitrogen and oxygen atoms in total. The molecule has 0 unspecified atom stereocenters. The zero-order chi connectivity index (χ0) is 14.8. The van der Waals surface area contributed by atoms with Gasteiger partial charge >= 0.3 is 0 Å². The van der Waals surface area contributed by atoms with Crippen molar-refractivity contribution in [1.82, 2.24) is 4.98 Å². The number of aromatic nitrogens is 1. The Morgan fingerprint density at radius 1 is 1.11 bits per heavy atom. The summed E-state index contributed by atoms with van der Waals surface area (Å²) in [4.78, 5) is 12.7. The van der Waals surface area contributed by atoms with Crippen molar-refractivity contribution in [3.63, 3.8) is 0 Å². The van der Waals surface area contributed by atoms with Crippen LogP contribution in [0, 0.1) is 0 Å². The highest BCUT2D eigenvalue weighted by molar-refractivity contribution is 5.83. The van der Waals surface area contributed by atoms with Crippen molar-refractivity contribution in [3.8, 4) is 0 Å². The summed E-state index contributed by atoms with van der Waals surface area (Å²) in [6.07, 6.45) is 4.33. The van der Waals surface area contributed by atoms with E-state index in [1.807, 2.05) is 13.8 Å². The van der Waals surface area contributed by atoms with Gasteiger partial charge in [0.25, 0.3) is 0 Å². The molecule has 2 rings (SSSR count). The molecule has 0 saturated carbocycles. The molecule has 0 spiro atoms. The van der Waals surface area contributed by atoms with Crippen LogP contribution >= 0.6 is 0 Å². The number of ketones is 1. The summed E-state index contributed by atoms with van der Waals surface area (Å²) >= 11 is 0. The van der Waals surface area contributed by atoms with Crippen molar-refractivity contribution >= 4 is 16.7 Å². The molecular weight excluding hydrogens is 234 g/mol. The van der Waals surface area contributed by atoms with Crippen LogP contribution in [0.4, 0.5) is 0 Å². The molecular formula is C17H27NO. The molecule has 0 saturated heterocycles. The average molecular weight is 261 g/mol. The number of hydrogen-bond acceptors (Lipinski definition) is 1. The van der Waals surface area contributed by atoms with E-state index in [1.54, 1.807) is 0 Å².